The molecule has 0 radical (unpaired) electrons. The monoisotopic (exact) mass is 232 g/mol. The van der Waals surface area contributed by atoms with Crippen LogP contribution in [0.4, 0.5) is 21.7 Å². The van der Waals surface area contributed by atoms with E-state index in [1.807, 2.05) is 6.92 Å². The Balaban J connectivity index is 2.44. The van der Waals surface area contributed by atoms with Crippen molar-refractivity contribution in [3.05, 3.63) is 42.5 Å². The van der Waals surface area contributed by atoms with Gasteiger partial charge in [-0.3, -0.25) is 0 Å². The van der Waals surface area contributed by atoms with Gasteiger partial charge in [0.2, 0.25) is 0 Å². The summed E-state index contributed by atoms with van der Waals surface area (Å²) in [4.78, 5) is 9.66. The van der Waals surface area contributed by atoms with Crippen LogP contribution in [0.1, 0.15) is 6.92 Å². The Kier molecular flexibility index (Phi) is 3.18. The van der Waals surface area contributed by atoms with Crippen LogP contribution in [0.5, 0.6) is 0 Å². The minimum Gasteiger partial charge on any atom is -0.384 e. The summed E-state index contributed by atoms with van der Waals surface area (Å²) in [7, 11) is 0. The molecule has 0 atom stereocenters. The molecule has 88 valence electrons. The number of benzene rings is 1. The summed E-state index contributed by atoms with van der Waals surface area (Å²) in [6.07, 6.45) is 1.37. The van der Waals surface area contributed by atoms with Crippen molar-refractivity contribution in [2.75, 3.05) is 17.2 Å². The molecule has 0 aliphatic rings. The Hall–Kier alpha value is -2.17. The van der Waals surface area contributed by atoms with Gasteiger partial charge in [-0.1, -0.05) is 12.1 Å². The van der Waals surface area contributed by atoms with E-state index in [1.54, 1.807) is 29.2 Å². The lowest BCUT2D eigenvalue weighted by Gasteiger charge is -2.22. The zero-order valence-electron chi connectivity index (χ0n) is 9.47. The molecule has 1 aromatic carbocycles. The summed E-state index contributed by atoms with van der Waals surface area (Å²) in [5.74, 6) is 0.668. The predicted octanol–water partition coefficient (Wildman–Crippen LogP) is 2.36. The number of hydrogen-bond acceptors (Lipinski definition) is 4. The van der Waals surface area contributed by atoms with E-state index in [-0.39, 0.29) is 5.82 Å². The fourth-order valence-corrected chi connectivity index (χ4v) is 1.64. The first-order valence-electron chi connectivity index (χ1n) is 5.32. The number of nitrogens with zero attached hydrogens (tertiary/aromatic N) is 3. The largest absolute Gasteiger partial charge is 0.384 e. The zero-order valence-corrected chi connectivity index (χ0v) is 9.47. The normalized spacial score (nSPS) is 10.2. The van der Waals surface area contributed by atoms with Gasteiger partial charge in [0.15, 0.2) is 0 Å². The summed E-state index contributed by atoms with van der Waals surface area (Å²) in [6.45, 7) is 2.52. The number of para-hydroxylation sites is 1. The van der Waals surface area contributed by atoms with Gasteiger partial charge in [-0.05, 0) is 19.1 Å². The van der Waals surface area contributed by atoms with E-state index < -0.39 is 0 Å². The number of hydrogen-bond donors (Lipinski definition) is 1. The van der Waals surface area contributed by atoms with Crippen LogP contribution in [0, 0.1) is 5.82 Å². The van der Waals surface area contributed by atoms with Gasteiger partial charge in [-0.15, -0.1) is 0 Å². The summed E-state index contributed by atoms with van der Waals surface area (Å²) in [6, 6.07) is 8.18. The fraction of sp³-hybridized carbons (Fsp3) is 0.167. The summed E-state index contributed by atoms with van der Waals surface area (Å²) >= 11 is 0. The number of nitrogens with two attached hydrogens (primary N) is 1. The Morgan fingerprint density at radius 1 is 1.29 bits per heavy atom. The first-order chi connectivity index (χ1) is 8.22. The van der Waals surface area contributed by atoms with Gasteiger partial charge in [0.05, 0.1) is 5.69 Å². The molecule has 0 fully saturated rings. The molecule has 0 bridgehead atoms. The Morgan fingerprint density at radius 2 is 2.06 bits per heavy atom. The average Bonchev–Trinajstić information content (AvgIpc) is 2.33. The van der Waals surface area contributed by atoms with E-state index in [0.717, 1.165) is 0 Å². The number of nitrogen functional groups attached to an aromatic ring is 1. The highest BCUT2D eigenvalue weighted by molar-refractivity contribution is 5.62. The Bertz CT molecular complexity index is 515. The van der Waals surface area contributed by atoms with Crippen LogP contribution in [-0.2, 0) is 0 Å². The van der Waals surface area contributed by atoms with Gasteiger partial charge in [0.1, 0.15) is 23.8 Å². The smallest absolute Gasteiger partial charge is 0.146 e. The van der Waals surface area contributed by atoms with Crippen LogP contribution < -0.4 is 10.6 Å². The van der Waals surface area contributed by atoms with Crippen molar-refractivity contribution in [2.45, 2.75) is 6.92 Å². The van der Waals surface area contributed by atoms with Crippen LogP contribution in [-0.4, -0.2) is 16.5 Å². The first kappa shape index (κ1) is 11.3. The Labute approximate surface area is 98.9 Å². The third-order valence-electron chi connectivity index (χ3n) is 2.41. The van der Waals surface area contributed by atoms with Gasteiger partial charge < -0.3 is 10.6 Å². The lowest BCUT2D eigenvalue weighted by Crippen LogP contribution is -2.19. The molecule has 0 aliphatic heterocycles. The summed E-state index contributed by atoms with van der Waals surface area (Å²) < 4.78 is 13.7. The standard InChI is InChI=1S/C12H13FN4/c1-2-17(10-6-4-3-5-9(10)13)12-7-11(14)15-8-16-12/h3-8H,2H2,1H3,(H2,14,15,16). The fourth-order valence-electron chi connectivity index (χ4n) is 1.64. The average molecular weight is 232 g/mol. The number of rotatable bonds is 3. The highest BCUT2D eigenvalue weighted by Gasteiger charge is 2.12. The minimum atomic E-state index is -0.286. The molecule has 4 nitrogen and oxygen atoms in total. The maximum Gasteiger partial charge on any atom is 0.146 e. The third-order valence-corrected chi connectivity index (χ3v) is 2.41. The van der Waals surface area contributed by atoms with Crippen molar-refractivity contribution in [1.82, 2.24) is 9.97 Å². The van der Waals surface area contributed by atoms with Crippen molar-refractivity contribution in [2.24, 2.45) is 0 Å². The van der Waals surface area contributed by atoms with Gasteiger partial charge in [0.25, 0.3) is 0 Å². The SMILES string of the molecule is CCN(c1cc(N)ncn1)c1ccccc1F. The van der Waals surface area contributed by atoms with Crippen LogP contribution in [0.15, 0.2) is 36.7 Å². The van der Waals surface area contributed by atoms with Gasteiger partial charge in [0, 0.05) is 12.6 Å². The molecule has 0 saturated heterocycles. The van der Waals surface area contributed by atoms with Gasteiger partial charge in [-0.25, -0.2) is 14.4 Å². The minimum absolute atomic E-state index is 0.286. The highest BCUT2D eigenvalue weighted by Crippen LogP contribution is 2.26. The van der Waals surface area contributed by atoms with Crippen molar-refractivity contribution >= 4 is 17.3 Å². The molecule has 0 saturated carbocycles. The van der Waals surface area contributed by atoms with Crippen molar-refractivity contribution < 1.29 is 4.39 Å². The second-order valence-electron chi connectivity index (χ2n) is 3.50. The molecule has 17 heavy (non-hydrogen) atoms. The van der Waals surface area contributed by atoms with E-state index in [0.29, 0.717) is 23.9 Å². The second kappa shape index (κ2) is 4.78. The number of aromatic nitrogens is 2. The van der Waals surface area contributed by atoms with Gasteiger partial charge in [-0.2, -0.15) is 0 Å². The molecule has 2 rings (SSSR count). The quantitative estimate of drug-likeness (QED) is 0.882. The molecule has 2 aromatic rings. The lowest BCUT2D eigenvalue weighted by molar-refractivity contribution is 0.625. The van der Waals surface area contributed by atoms with E-state index in [2.05, 4.69) is 9.97 Å². The van der Waals surface area contributed by atoms with E-state index in [1.165, 1.54) is 12.4 Å². The molecule has 5 heteroatoms. The van der Waals surface area contributed by atoms with Crippen LogP contribution in [0.2, 0.25) is 0 Å². The highest BCUT2D eigenvalue weighted by atomic mass is 19.1. The van der Waals surface area contributed by atoms with Crippen molar-refractivity contribution in [3.8, 4) is 0 Å². The molecule has 0 spiro atoms. The van der Waals surface area contributed by atoms with Crippen molar-refractivity contribution in [3.63, 3.8) is 0 Å². The molecular formula is C12H13FN4. The van der Waals surface area contributed by atoms with Gasteiger partial charge >= 0.3 is 0 Å². The third kappa shape index (κ3) is 2.33. The molecule has 1 aromatic heterocycles. The molecule has 0 unspecified atom stereocenters. The summed E-state index contributed by atoms with van der Waals surface area (Å²) in [5.41, 5.74) is 6.08. The Morgan fingerprint density at radius 3 is 2.71 bits per heavy atom. The van der Waals surface area contributed by atoms with E-state index in [4.69, 9.17) is 5.73 Å². The molecule has 1 heterocycles. The second-order valence-corrected chi connectivity index (χ2v) is 3.50. The predicted molar refractivity (Wildman–Crippen MR) is 65.5 cm³/mol. The maximum atomic E-state index is 13.7. The first-order valence-corrected chi connectivity index (χ1v) is 5.32. The van der Waals surface area contributed by atoms with E-state index in [9.17, 15) is 4.39 Å². The van der Waals surface area contributed by atoms with Crippen LogP contribution in [0.25, 0.3) is 0 Å². The summed E-state index contributed by atoms with van der Waals surface area (Å²) in [5, 5.41) is 0. The van der Waals surface area contributed by atoms with Crippen molar-refractivity contribution in [1.29, 1.82) is 0 Å². The number of anilines is 3. The lowest BCUT2D eigenvalue weighted by atomic mass is 10.2. The maximum absolute atomic E-state index is 13.7. The molecule has 2 N–H and O–H groups in total. The number of halogens is 1. The van der Waals surface area contributed by atoms with Crippen LogP contribution in [0.3, 0.4) is 0 Å². The topological polar surface area (TPSA) is 55.0 Å². The van der Waals surface area contributed by atoms with E-state index >= 15 is 0 Å². The zero-order chi connectivity index (χ0) is 12.3. The molecular weight excluding hydrogens is 219 g/mol. The molecule has 0 amide bonds. The molecule has 0 aliphatic carbocycles. The van der Waals surface area contributed by atoms with Crippen LogP contribution >= 0.6 is 0 Å².